The van der Waals surface area contributed by atoms with Gasteiger partial charge in [0.2, 0.25) is 10.0 Å². The average Bonchev–Trinajstić information content (AvgIpc) is 2.65. The maximum absolute atomic E-state index is 12.3. The van der Waals surface area contributed by atoms with Crippen LogP contribution in [-0.2, 0) is 26.1 Å². The topological polar surface area (TPSA) is 84.9 Å². The fourth-order valence-electron chi connectivity index (χ4n) is 2.65. The van der Waals surface area contributed by atoms with E-state index in [1.165, 1.54) is 4.31 Å². The van der Waals surface area contributed by atoms with E-state index in [4.69, 9.17) is 21.1 Å². The third-order valence-corrected chi connectivity index (χ3v) is 5.50. The van der Waals surface area contributed by atoms with E-state index in [0.717, 1.165) is 6.26 Å². The van der Waals surface area contributed by atoms with Crippen LogP contribution in [0.4, 0.5) is 5.69 Å². The molecule has 1 atom stereocenters. The van der Waals surface area contributed by atoms with Gasteiger partial charge in [-0.05, 0) is 42.8 Å². The van der Waals surface area contributed by atoms with Gasteiger partial charge in [-0.2, -0.15) is 0 Å². The third kappa shape index (κ3) is 7.23. The molecule has 9 heteroatoms. The van der Waals surface area contributed by atoms with Crippen molar-refractivity contribution in [2.75, 3.05) is 30.9 Å². The first kappa shape index (κ1) is 23.0. The van der Waals surface area contributed by atoms with E-state index in [2.05, 4.69) is 5.32 Å². The predicted molar refractivity (Wildman–Crippen MR) is 114 cm³/mol. The molecule has 0 fully saturated rings. The molecule has 158 valence electrons. The number of hydrogen-bond acceptors (Lipinski definition) is 5. The Kier molecular flexibility index (Phi) is 8.31. The van der Waals surface area contributed by atoms with Gasteiger partial charge in [0.25, 0.3) is 5.91 Å². The van der Waals surface area contributed by atoms with Crippen molar-refractivity contribution in [3.63, 3.8) is 0 Å². The van der Waals surface area contributed by atoms with Crippen LogP contribution in [0.5, 0.6) is 5.75 Å². The molecule has 1 N–H and O–H groups in total. The number of halogens is 1. The fourth-order valence-corrected chi connectivity index (χ4v) is 3.72. The van der Waals surface area contributed by atoms with Crippen molar-refractivity contribution in [1.29, 1.82) is 0 Å². The molecule has 0 aliphatic heterocycles. The summed E-state index contributed by atoms with van der Waals surface area (Å²) in [7, 11) is -1.97. The van der Waals surface area contributed by atoms with E-state index >= 15 is 0 Å². The highest BCUT2D eigenvalue weighted by atomic mass is 35.5. The largest absolute Gasteiger partial charge is 0.484 e. The average molecular weight is 441 g/mol. The standard InChI is InChI=1S/C20H25ClN2O5S/c1-15(13-27-2)22-20(24)14-28-18-10-8-17(9-11-18)23(29(3,25)26)12-16-6-4-5-7-19(16)21/h4-11,15H,12-14H2,1-3H3,(H,22,24)/t15-/m0/s1. The molecule has 1 amide bonds. The molecule has 0 saturated heterocycles. The van der Waals surface area contributed by atoms with Gasteiger partial charge in [0.1, 0.15) is 5.75 Å². The van der Waals surface area contributed by atoms with Gasteiger partial charge in [-0.15, -0.1) is 0 Å². The van der Waals surface area contributed by atoms with Crippen LogP contribution < -0.4 is 14.4 Å². The quantitative estimate of drug-likeness (QED) is 0.614. The van der Waals surface area contributed by atoms with Gasteiger partial charge in [-0.1, -0.05) is 29.8 Å². The maximum atomic E-state index is 12.3. The highest BCUT2D eigenvalue weighted by Gasteiger charge is 2.19. The monoisotopic (exact) mass is 440 g/mol. The summed E-state index contributed by atoms with van der Waals surface area (Å²) in [5.74, 6) is 0.185. The molecule has 0 radical (unpaired) electrons. The SMILES string of the molecule is COC[C@H](C)NC(=O)COc1ccc(N(Cc2ccccc2Cl)S(C)(=O)=O)cc1. The number of methoxy groups -OCH3 is 1. The van der Waals surface area contributed by atoms with Crippen molar-refractivity contribution < 1.29 is 22.7 Å². The number of nitrogens with one attached hydrogen (secondary N) is 1. The van der Waals surface area contributed by atoms with Crippen LogP contribution in [0.3, 0.4) is 0 Å². The Morgan fingerprint density at radius 1 is 1.17 bits per heavy atom. The molecule has 29 heavy (non-hydrogen) atoms. The van der Waals surface area contributed by atoms with E-state index in [-0.39, 0.29) is 25.1 Å². The second kappa shape index (κ2) is 10.5. The Bertz CT molecular complexity index is 919. The highest BCUT2D eigenvalue weighted by molar-refractivity contribution is 7.92. The predicted octanol–water partition coefficient (Wildman–Crippen LogP) is 2.84. The van der Waals surface area contributed by atoms with Crippen LogP contribution in [0.15, 0.2) is 48.5 Å². The van der Waals surface area contributed by atoms with Gasteiger partial charge in [-0.3, -0.25) is 9.10 Å². The molecule has 0 spiro atoms. The van der Waals surface area contributed by atoms with E-state index in [9.17, 15) is 13.2 Å². The molecule has 0 aliphatic carbocycles. The second-order valence-corrected chi connectivity index (χ2v) is 8.88. The second-order valence-electron chi connectivity index (χ2n) is 6.57. The van der Waals surface area contributed by atoms with E-state index < -0.39 is 10.0 Å². The van der Waals surface area contributed by atoms with E-state index in [1.807, 2.05) is 6.92 Å². The van der Waals surface area contributed by atoms with Gasteiger partial charge in [0.15, 0.2) is 6.61 Å². The molecule has 0 saturated carbocycles. The molecule has 2 aromatic rings. The Hall–Kier alpha value is -2.29. The number of carbonyl (C=O) groups excluding carboxylic acids is 1. The number of amides is 1. The van der Waals surface area contributed by atoms with Crippen LogP contribution in [-0.4, -0.2) is 46.9 Å². The molecule has 7 nitrogen and oxygen atoms in total. The molecule has 2 aromatic carbocycles. The number of rotatable bonds is 10. The van der Waals surface area contributed by atoms with E-state index in [1.54, 1.807) is 55.6 Å². The zero-order valence-corrected chi connectivity index (χ0v) is 18.2. The van der Waals surface area contributed by atoms with Crippen LogP contribution in [0.2, 0.25) is 5.02 Å². The summed E-state index contributed by atoms with van der Waals surface area (Å²) in [6.07, 6.45) is 1.14. The lowest BCUT2D eigenvalue weighted by molar-refractivity contribution is -0.124. The van der Waals surface area contributed by atoms with Gasteiger partial charge in [0, 0.05) is 18.2 Å². The lowest BCUT2D eigenvalue weighted by Gasteiger charge is -2.23. The smallest absolute Gasteiger partial charge is 0.258 e. The number of sulfonamides is 1. The lowest BCUT2D eigenvalue weighted by atomic mass is 10.2. The number of hydrogen-bond donors (Lipinski definition) is 1. The van der Waals surface area contributed by atoms with Crippen molar-refractivity contribution in [3.05, 3.63) is 59.1 Å². The van der Waals surface area contributed by atoms with Gasteiger partial charge in [-0.25, -0.2) is 8.42 Å². The van der Waals surface area contributed by atoms with Crippen LogP contribution in [0, 0.1) is 0 Å². The lowest BCUT2D eigenvalue weighted by Crippen LogP contribution is -2.38. The minimum atomic E-state index is -3.53. The Labute approximate surface area is 176 Å². The summed E-state index contributed by atoms with van der Waals surface area (Å²) in [4.78, 5) is 11.9. The summed E-state index contributed by atoms with van der Waals surface area (Å²) < 4.78 is 36.3. The first-order valence-corrected chi connectivity index (χ1v) is 11.2. The van der Waals surface area contributed by atoms with Crippen molar-refractivity contribution >= 4 is 33.2 Å². The Balaban J connectivity index is 2.06. The number of nitrogens with zero attached hydrogens (tertiary/aromatic N) is 1. The maximum Gasteiger partial charge on any atom is 0.258 e. The van der Waals surface area contributed by atoms with E-state index in [0.29, 0.717) is 28.6 Å². The van der Waals surface area contributed by atoms with Crippen LogP contribution in [0.25, 0.3) is 0 Å². The summed E-state index contributed by atoms with van der Waals surface area (Å²) in [5.41, 5.74) is 1.17. The molecular formula is C20H25ClN2O5S. The van der Waals surface area contributed by atoms with Crippen molar-refractivity contribution in [2.45, 2.75) is 19.5 Å². The zero-order valence-electron chi connectivity index (χ0n) is 16.6. The van der Waals surface area contributed by atoms with Crippen molar-refractivity contribution in [1.82, 2.24) is 5.32 Å². The first-order chi connectivity index (χ1) is 13.7. The highest BCUT2D eigenvalue weighted by Crippen LogP contribution is 2.26. The molecule has 0 unspecified atom stereocenters. The molecule has 0 aliphatic rings. The minimum absolute atomic E-state index is 0.110. The zero-order chi connectivity index (χ0) is 21.4. The third-order valence-electron chi connectivity index (χ3n) is 3.99. The number of ether oxygens (including phenoxy) is 2. The van der Waals surface area contributed by atoms with Crippen molar-refractivity contribution in [3.8, 4) is 5.75 Å². The first-order valence-electron chi connectivity index (χ1n) is 8.93. The Morgan fingerprint density at radius 3 is 2.41 bits per heavy atom. The van der Waals surface area contributed by atoms with Crippen LogP contribution >= 0.6 is 11.6 Å². The molecule has 0 aromatic heterocycles. The molecule has 0 heterocycles. The van der Waals surface area contributed by atoms with Crippen molar-refractivity contribution in [2.24, 2.45) is 0 Å². The molecule has 0 bridgehead atoms. The number of anilines is 1. The minimum Gasteiger partial charge on any atom is -0.484 e. The summed E-state index contributed by atoms with van der Waals surface area (Å²) in [6.45, 7) is 2.20. The molecular weight excluding hydrogens is 416 g/mol. The summed E-state index contributed by atoms with van der Waals surface area (Å²) in [6, 6.07) is 13.4. The number of benzene rings is 2. The summed E-state index contributed by atoms with van der Waals surface area (Å²) in [5, 5.41) is 3.24. The Morgan fingerprint density at radius 2 is 1.83 bits per heavy atom. The fraction of sp³-hybridized carbons (Fsp3) is 0.350. The normalized spacial score (nSPS) is 12.3. The molecule has 2 rings (SSSR count). The van der Waals surface area contributed by atoms with Gasteiger partial charge < -0.3 is 14.8 Å². The number of carbonyl (C=O) groups is 1. The summed E-state index contributed by atoms with van der Waals surface area (Å²) >= 11 is 6.17. The van der Waals surface area contributed by atoms with Crippen LogP contribution in [0.1, 0.15) is 12.5 Å². The van der Waals surface area contributed by atoms with Gasteiger partial charge in [0.05, 0.1) is 25.1 Å². The van der Waals surface area contributed by atoms with Gasteiger partial charge >= 0.3 is 0 Å².